The Morgan fingerprint density at radius 3 is 1.15 bits per heavy atom. The lowest BCUT2D eigenvalue weighted by Gasteiger charge is -2.25. The second-order valence-electron chi connectivity index (χ2n) is 10.3. The van der Waals surface area contributed by atoms with Gasteiger partial charge in [-0.3, -0.25) is 9.59 Å². The highest BCUT2D eigenvalue weighted by atomic mass is 32.2. The van der Waals surface area contributed by atoms with Crippen LogP contribution in [0.2, 0.25) is 0 Å². The van der Waals surface area contributed by atoms with Crippen molar-refractivity contribution < 1.29 is 18.0 Å². The largest absolute Gasteiger partial charge is 0.292 e. The normalized spacial score (nSPS) is 13.1. The number of benzene rings is 4. The fraction of sp³-hybridized carbons (Fsp3) is 0.235. The zero-order valence-corrected chi connectivity index (χ0v) is 24.1. The van der Waals surface area contributed by atoms with Crippen molar-refractivity contribution in [3.8, 4) is 0 Å². The maximum atomic E-state index is 14.7. The van der Waals surface area contributed by atoms with E-state index in [0.717, 1.165) is 33.4 Å². The van der Waals surface area contributed by atoms with Gasteiger partial charge in [-0.05, 0) is 86.1 Å². The molecule has 0 radical (unpaired) electrons. The molecule has 4 aromatic rings. The van der Waals surface area contributed by atoms with E-state index in [0.29, 0.717) is 22.3 Å². The third kappa shape index (κ3) is 5.24. The Hall–Kier alpha value is -3.83. The average molecular weight is 539 g/mol. The van der Waals surface area contributed by atoms with Crippen LogP contribution in [0.3, 0.4) is 0 Å². The highest BCUT2D eigenvalue weighted by Gasteiger charge is 2.45. The van der Waals surface area contributed by atoms with E-state index in [1.54, 1.807) is 72.8 Å². The smallest absolute Gasteiger partial charge is 0.185 e. The summed E-state index contributed by atoms with van der Waals surface area (Å²) >= 11 is 0. The van der Waals surface area contributed by atoms with Crippen LogP contribution in [0, 0.1) is 41.5 Å². The molecular formula is C34H34O4S. The van der Waals surface area contributed by atoms with Crippen LogP contribution in [0.1, 0.15) is 75.7 Å². The molecule has 0 saturated heterocycles. The third-order valence-electron chi connectivity index (χ3n) is 7.98. The summed E-state index contributed by atoms with van der Waals surface area (Å²) in [5.74, 6) is -1.07. The van der Waals surface area contributed by atoms with Crippen molar-refractivity contribution in [3.63, 3.8) is 0 Å². The first kappa shape index (κ1) is 28.2. The number of aryl methyl sites for hydroxylation is 2. The Morgan fingerprint density at radius 1 is 0.487 bits per heavy atom. The number of carbonyl (C=O) groups is 2. The van der Waals surface area contributed by atoms with Crippen molar-refractivity contribution in [2.75, 3.05) is 0 Å². The van der Waals surface area contributed by atoms with Gasteiger partial charge in [0.05, 0.1) is 0 Å². The highest BCUT2D eigenvalue weighted by molar-refractivity contribution is 7.93. The van der Waals surface area contributed by atoms with Gasteiger partial charge in [-0.1, -0.05) is 84.9 Å². The molecule has 200 valence electrons. The van der Waals surface area contributed by atoms with Crippen LogP contribution in [0.5, 0.6) is 0 Å². The fourth-order valence-electron chi connectivity index (χ4n) is 5.10. The molecule has 0 amide bonds. The van der Waals surface area contributed by atoms with Gasteiger partial charge in [0.25, 0.3) is 0 Å². The summed E-state index contributed by atoms with van der Waals surface area (Å²) in [6.45, 7) is 11.4. The number of rotatable bonds is 8. The lowest BCUT2D eigenvalue weighted by molar-refractivity contribution is 0.0982. The molecular weight excluding hydrogens is 504 g/mol. The first-order valence-corrected chi connectivity index (χ1v) is 14.6. The van der Waals surface area contributed by atoms with Crippen molar-refractivity contribution in [2.45, 2.75) is 52.0 Å². The van der Waals surface area contributed by atoms with Crippen LogP contribution < -0.4 is 0 Å². The molecule has 2 atom stereocenters. The number of hydrogen-bond donors (Lipinski definition) is 0. The van der Waals surface area contributed by atoms with Crippen molar-refractivity contribution in [1.82, 2.24) is 0 Å². The van der Waals surface area contributed by atoms with Crippen molar-refractivity contribution in [3.05, 3.63) is 141 Å². The van der Waals surface area contributed by atoms with Crippen LogP contribution in [0.25, 0.3) is 0 Å². The molecule has 0 bridgehead atoms. The summed E-state index contributed by atoms with van der Waals surface area (Å²) in [5.41, 5.74) is 6.76. The first-order chi connectivity index (χ1) is 18.5. The molecule has 39 heavy (non-hydrogen) atoms. The Balaban J connectivity index is 1.98. The minimum Gasteiger partial charge on any atom is -0.292 e. The number of ketones is 2. The minimum absolute atomic E-state index is 0.339. The summed E-state index contributed by atoms with van der Waals surface area (Å²) < 4.78 is 29.5. The Morgan fingerprint density at radius 2 is 0.821 bits per heavy atom. The average Bonchev–Trinajstić information content (AvgIpc) is 2.91. The van der Waals surface area contributed by atoms with Crippen LogP contribution in [-0.4, -0.2) is 20.0 Å². The van der Waals surface area contributed by atoms with Gasteiger partial charge >= 0.3 is 0 Å². The van der Waals surface area contributed by atoms with E-state index >= 15 is 0 Å². The number of hydrogen-bond acceptors (Lipinski definition) is 4. The maximum Gasteiger partial charge on any atom is 0.185 e. The molecule has 5 heteroatoms. The van der Waals surface area contributed by atoms with E-state index in [1.807, 2.05) is 53.7 Å². The molecule has 0 heterocycles. The van der Waals surface area contributed by atoms with Gasteiger partial charge in [0, 0.05) is 11.1 Å². The Labute approximate surface area is 231 Å². The molecule has 0 aliphatic rings. The van der Waals surface area contributed by atoms with Crippen LogP contribution >= 0.6 is 0 Å². The molecule has 2 unspecified atom stereocenters. The molecule has 4 rings (SSSR count). The monoisotopic (exact) mass is 538 g/mol. The molecule has 0 saturated carbocycles. The highest BCUT2D eigenvalue weighted by Crippen LogP contribution is 2.40. The van der Waals surface area contributed by atoms with Gasteiger partial charge in [0.2, 0.25) is 0 Å². The summed E-state index contributed by atoms with van der Waals surface area (Å²) in [7, 11) is -4.44. The molecule has 0 spiro atoms. The second kappa shape index (κ2) is 11.1. The minimum atomic E-state index is -4.44. The number of sulfone groups is 1. The van der Waals surface area contributed by atoms with Gasteiger partial charge in [0.1, 0.15) is 0 Å². The molecule has 4 aromatic carbocycles. The van der Waals surface area contributed by atoms with Gasteiger partial charge < -0.3 is 0 Å². The van der Waals surface area contributed by atoms with Gasteiger partial charge in [0.15, 0.2) is 31.9 Å². The van der Waals surface area contributed by atoms with Crippen molar-refractivity contribution in [1.29, 1.82) is 0 Å². The molecule has 0 fully saturated rings. The molecule has 0 aliphatic carbocycles. The maximum absolute atomic E-state index is 14.7. The van der Waals surface area contributed by atoms with E-state index < -0.39 is 31.9 Å². The lowest BCUT2D eigenvalue weighted by Crippen LogP contribution is -2.32. The fourth-order valence-corrected chi connectivity index (χ4v) is 7.30. The van der Waals surface area contributed by atoms with Crippen LogP contribution in [0.4, 0.5) is 0 Å². The predicted octanol–water partition coefficient (Wildman–Crippen LogP) is 7.50. The van der Waals surface area contributed by atoms with Crippen LogP contribution in [-0.2, 0) is 9.84 Å². The van der Waals surface area contributed by atoms with E-state index in [2.05, 4.69) is 0 Å². The molecule has 0 N–H and O–H groups in total. The Kier molecular flexibility index (Phi) is 8.03. The SMILES string of the molecule is Cc1ccc(C(=O)C(c2ccccc2)S(=O)(=O)C(C(=O)c2ccc(C)c(C)c2C)c2ccccc2)c(C)c1C. The second-order valence-corrected chi connectivity index (χ2v) is 12.4. The molecule has 0 aliphatic heterocycles. The van der Waals surface area contributed by atoms with Crippen molar-refractivity contribution in [2.24, 2.45) is 0 Å². The first-order valence-electron chi connectivity index (χ1n) is 13.0. The standard InChI is InChI=1S/C34H34O4S/c1-21-17-19-29(25(5)23(21)3)31(35)33(27-13-9-7-10-14-27)39(37,38)34(28-15-11-8-12-16-28)32(36)30-20-18-22(2)24(4)26(30)6/h7-20,33-34H,1-6H3. The van der Waals surface area contributed by atoms with Crippen LogP contribution in [0.15, 0.2) is 84.9 Å². The van der Waals surface area contributed by atoms with E-state index in [-0.39, 0.29) is 0 Å². The van der Waals surface area contributed by atoms with E-state index in [9.17, 15) is 18.0 Å². The summed E-state index contributed by atoms with van der Waals surface area (Å²) in [5, 5.41) is -3.11. The quantitative estimate of drug-likeness (QED) is 0.218. The summed E-state index contributed by atoms with van der Waals surface area (Å²) in [6, 6.07) is 24.0. The molecule has 4 nitrogen and oxygen atoms in total. The predicted molar refractivity (Wildman–Crippen MR) is 157 cm³/mol. The van der Waals surface area contributed by atoms with Gasteiger partial charge in [-0.25, -0.2) is 8.42 Å². The summed E-state index contributed by atoms with van der Waals surface area (Å²) in [4.78, 5) is 28.5. The zero-order chi connectivity index (χ0) is 28.5. The summed E-state index contributed by atoms with van der Waals surface area (Å²) in [6.07, 6.45) is 0. The topological polar surface area (TPSA) is 68.3 Å². The van der Waals surface area contributed by atoms with E-state index in [1.165, 1.54) is 0 Å². The lowest BCUT2D eigenvalue weighted by atomic mass is 9.93. The molecule has 0 aromatic heterocycles. The van der Waals surface area contributed by atoms with Crippen molar-refractivity contribution >= 4 is 21.4 Å². The van der Waals surface area contributed by atoms with E-state index in [4.69, 9.17) is 0 Å². The Bertz CT molecular complexity index is 1530. The third-order valence-corrected chi connectivity index (χ3v) is 10.3. The number of carbonyl (C=O) groups excluding carboxylic acids is 2. The van der Waals surface area contributed by atoms with Gasteiger partial charge in [-0.15, -0.1) is 0 Å². The number of Topliss-reactive ketones (excluding diaryl/α,β-unsaturated/α-hetero) is 2. The van der Waals surface area contributed by atoms with Gasteiger partial charge in [-0.2, -0.15) is 0 Å². The zero-order valence-electron chi connectivity index (χ0n) is 23.3.